The van der Waals surface area contributed by atoms with Gasteiger partial charge >= 0.3 is 6.03 Å². The maximum atomic E-state index is 12.3. The van der Waals surface area contributed by atoms with Crippen molar-refractivity contribution in [3.8, 4) is 18.1 Å². The van der Waals surface area contributed by atoms with Crippen LogP contribution in [0.4, 0.5) is 10.5 Å². The molecule has 2 aromatic carbocycles. The molecule has 0 aliphatic carbocycles. The SMILES string of the molecule is C#CCOc1ccc(CCNC(=O)Nc2cccc(Cn3ccnc3C(C)C)c2)cc1. The Hall–Kier alpha value is -3.72. The highest BCUT2D eigenvalue weighted by atomic mass is 16.5. The fourth-order valence-electron chi connectivity index (χ4n) is 3.27. The summed E-state index contributed by atoms with van der Waals surface area (Å²) < 4.78 is 7.49. The molecule has 2 amide bonds. The van der Waals surface area contributed by atoms with E-state index in [9.17, 15) is 4.79 Å². The van der Waals surface area contributed by atoms with Crippen LogP contribution in [0.5, 0.6) is 5.75 Å². The molecule has 1 aromatic heterocycles. The summed E-state index contributed by atoms with van der Waals surface area (Å²) in [6.07, 6.45) is 9.71. The molecule has 3 aromatic rings. The number of aromatic nitrogens is 2. The molecule has 2 N–H and O–H groups in total. The maximum Gasteiger partial charge on any atom is 0.319 e. The van der Waals surface area contributed by atoms with Gasteiger partial charge in [-0.15, -0.1) is 6.42 Å². The Morgan fingerprint density at radius 2 is 2.00 bits per heavy atom. The summed E-state index contributed by atoms with van der Waals surface area (Å²) >= 11 is 0. The van der Waals surface area contributed by atoms with Gasteiger partial charge in [0.25, 0.3) is 0 Å². The van der Waals surface area contributed by atoms with Crippen molar-refractivity contribution in [2.24, 2.45) is 0 Å². The summed E-state index contributed by atoms with van der Waals surface area (Å²) in [5.74, 6) is 4.58. The first-order valence-electron chi connectivity index (χ1n) is 10.3. The molecule has 0 aliphatic rings. The number of rotatable bonds is 9. The number of carbonyl (C=O) groups excluding carboxylic acids is 1. The third-order valence-electron chi connectivity index (χ3n) is 4.75. The van der Waals surface area contributed by atoms with Gasteiger partial charge in [0.2, 0.25) is 0 Å². The lowest BCUT2D eigenvalue weighted by molar-refractivity contribution is 0.252. The largest absolute Gasteiger partial charge is 0.481 e. The Kier molecular flexibility index (Phi) is 7.72. The van der Waals surface area contributed by atoms with Crippen molar-refractivity contribution in [1.82, 2.24) is 14.9 Å². The smallest absolute Gasteiger partial charge is 0.319 e. The Bertz CT molecular complexity index is 1030. The molecule has 0 aliphatic heterocycles. The Balaban J connectivity index is 1.48. The summed E-state index contributed by atoms with van der Waals surface area (Å²) in [6.45, 7) is 5.75. The van der Waals surface area contributed by atoms with E-state index in [1.165, 1.54) is 0 Å². The fraction of sp³-hybridized carbons (Fsp3) is 0.280. The highest BCUT2D eigenvalue weighted by Crippen LogP contribution is 2.16. The quantitative estimate of drug-likeness (QED) is 0.507. The van der Waals surface area contributed by atoms with Crippen LogP contribution in [0.15, 0.2) is 60.9 Å². The minimum Gasteiger partial charge on any atom is -0.481 e. The number of ether oxygens (including phenoxy) is 1. The number of anilines is 1. The molecule has 6 nitrogen and oxygen atoms in total. The third-order valence-corrected chi connectivity index (χ3v) is 4.75. The van der Waals surface area contributed by atoms with Crippen molar-refractivity contribution in [3.05, 3.63) is 77.9 Å². The van der Waals surface area contributed by atoms with Crippen LogP contribution in [-0.2, 0) is 13.0 Å². The summed E-state index contributed by atoms with van der Waals surface area (Å²) in [5, 5.41) is 5.80. The number of imidazole rings is 1. The average molecular weight is 417 g/mol. The van der Waals surface area contributed by atoms with E-state index < -0.39 is 0 Å². The van der Waals surface area contributed by atoms with Crippen LogP contribution < -0.4 is 15.4 Å². The summed E-state index contributed by atoms with van der Waals surface area (Å²) in [4.78, 5) is 16.7. The van der Waals surface area contributed by atoms with Gasteiger partial charge < -0.3 is 19.9 Å². The van der Waals surface area contributed by atoms with Crippen molar-refractivity contribution in [3.63, 3.8) is 0 Å². The van der Waals surface area contributed by atoms with Crippen LogP contribution in [0.2, 0.25) is 0 Å². The minimum absolute atomic E-state index is 0.225. The van der Waals surface area contributed by atoms with Crippen LogP contribution >= 0.6 is 0 Å². The average Bonchev–Trinajstić information content (AvgIpc) is 3.22. The molecular formula is C25H28N4O2. The molecule has 0 bridgehead atoms. The van der Waals surface area contributed by atoms with E-state index in [0.717, 1.165) is 34.8 Å². The zero-order chi connectivity index (χ0) is 22.1. The lowest BCUT2D eigenvalue weighted by Gasteiger charge is -2.12. The van der Waals surface area contributed by atoms with Crippen molar-refractivity contribution in [1.29, 1.82) is 0 Å². The number of benzene rings is 2. The standard InChI is InChI=1S/C25H28N4O2/c1-4-16-31-23-10-8-20(9-11-23)12-13-27-25(30)28-22-7-5-6-21(17-22)18-29-15-14-26-24(29)19(2)3/h1,5-11,14-15,17,19H,12-13,16,18H2,2-3H3,(H2,27,28,30). The Morgan fingerprint density at radius 1 is 1.19 bits per heavy atom. The van der Waals surface area contributed by atoms with E-state index >= 15 is 0 Å². The van der Waals surface area contributed by atoms with Gasteiger partial charge in [0, 0.05) is 37.1 Å². The predicted molar refractivity (Wildman–Crippen MR) is 123 cm³/mol. The van der Waals surface area contributed by atoms with Gasteiger partial charge in [-0.3, -0.25) is 0 Å². The number of terminal acetylenes is 1. The molecule has 0 atom stereocenters. The van der Waals surface area contributed by atoms with E-state index in [0.29, 0.717) is 19.0 Å². The van der Waals surface area contributed by atoms with Gasteiger partial charge in [-0.2, -0.15) is 0 Å². The summed E-state index contributed by atoms with van der Waals surface area (Å²) in [6, 6.07) is 15.3. The number of nitrogens with zero attached hydrogens (tertiary/aromatic N) is 2. The van der Waals surface area contributed by atoms with E-state index in [1.807, 2.05) is 60.9 Å². The fourth-order valence-corrected chi connectivity index (χ4v) is 3.27. The number of nitrogens with one attached hydrogen (secondary N) is 2. The first kappa shape index (κ1) is 22.0. The van der Waals surface area contributed by atoms with Crippen LogP contribution in [0.1, 0.15) is 36.7 Å². The number of carbonyl (C=O) groups is 1. The molecule has 0 saturated carbocycles. The molecule has 1 heterocycles. The number of urea groups is 1. The van der Waals surface area contributed by atoms with Crippen molar-refractivity contribution >= 4 is 11.7 Å². The van der Waals surface area contributed by atoms with Crippen molar-refractivity contribution < 1.29 is 9.53 Å². The third kappa shape index (κ3) is 6.65. The van der Waals surface area contributed by atoms with Gasteiger partial charge in [0.15, 0.2) is 0 Å². The van der Waals surface area contributed by atoms with Gasteiger partial charge in [0.05, 0.1) is 0 Å². The zero-order valence-corrected chi connectivity index (χ0v) is 18.0. The molecular weight excluding hydrogens is 388 g/mol. The van der Waals surface area contributed by atoms with Gasteiger partial charge in [0.1, 0.15) is 18.2 Å². The normalized spacial score (nSPS) is 10.5. The van der Waals surface area contributed by atoms with Crippen LogP contribution in [0, 0.1) is 12.3 Å². The van der Waals surface area contributed by atoms with Gasteiger partial charge in [-0.1, -0.05) is 44.0 Å². The van der Waals surface area contributed by atoms with Gasteiger partial charge in [-0.05, 0) is 41.8 Å². The molecule has 0 fully saturated rings. The molecule has 0 saturated heterocycles. The lowest BCUT2D eigenvalue weighted by atomic mass is 10.1. The molecule has 31 heavy (non-hydrogen) atoms. The van der Waals surface area contributed by atoms with E-state index in [4.69, 9.17) is 11.2 Å². The second kappa shape index (κ2) is 10.9. The zero-order valence-electron chi connectivity index (χ0n) is 18.0. The Labute approximate surface area is 183 Å². The van der Waals surface area contributed by atoms with Gasteiger partial charge in [-0.25, -0.2) is 9.78 Å². The van der Waals surface area contributed by atoms with E-state index in [-0.39, 0.29) is 12.6 Å². The highest BCUT2D eigenvalue weighted by Gasteiger charge is 2.08. The Morgan fingerprint density at radius 3 is 2.74 bits per heavy atom. The van der Waals surface area contributed by atoms with Crippen molar-refractivity contribution in [2.45, 2.75) is 32.7 Å². The number of hydrogen-bond donors (Lipinski definition) is 2. The first-order chi connectivity index (χ1) is 15.0. The molecule has 160 valence electrons. The van der Waals surface area contributed by atoms with E-state index in [1.54, 1.807) is 0 Å². The van der Waals surface area contributed by atoms with E-state index in [2.05, 4.69) is 40.0 Å². The molecule has 0 unspecified atom stereocenters. The molecule has 6 heteroatoms. The number of amides is 2. The second-order valence-electron chi connectivity index (χ2n) is 7.54. The summed E-state index contributed by atoms with van der Waals surface area (Å²) in [7, 11) is 0. The molecule has 0 spiro atoms. The number of hydrogen-bond acceptors (Lipinski definition) is 3. The predicted octanol–water partition coefficient (Wildman–Crippen LogP) is 4.43. The second-order valence-corrected chi connectivity index (χ2v) is 7.54. The molecule has 3 rings (SSSR count). The van der Waals surface area contributed by atoms with Crippen LogP contribution in [0.3, 0.4) is 0 Å². The maximum absolute atomic E-state index is 12.3. The first-order valence-corrected chi connectivity index (χ1v) is 10.3. The van der Waals surface area contributed by atoms with Crippen LogP contribution in [0.25, 0.3) is 0 Å². The van der Waals surface area contributed by atoms with Crippen LogP contribution in [-0.4, -0.2) is 28.7 Å². The summed E-state index contributed by atoms with van der Waals surface area (Å²) in [5.41, 5.74) is 2.97. The van der Waals surface area contributed by atoms with Crippen molar-refractivity contribution in [2.75, 3.05) is 18.5 Å². The lowest BCUT2D eigenvalue weighted by Crippen LogP contribution is -2.30. The highest BCUT2D eigenvalue weighted by molar-refractivity contribution is 5.89. The molecule has 0 radical (unpaired) electrons. The minimum atomic E-state index is -0.225. The monoisotopic (exact) mass is 416 g/mol. The topological polar surface area (TPSA) is 68.2 Å².